The largest absolute Gasteiger partial charge is 0.462 e. The van der Waals surface area contributed by atoms with Crippen LogP contribution in [0.2, 0.25) is 0 Å². The van der Waals surface area contributed by atoms with Gasteiger partial charge in [-0.25, -0.2) is 27.2 Å². The van der Waals surface area contributed by atoms with Gasteiger partial charge in [-0.1, -0.05) is 30.3 Å². The first-order chi connectivity index (χ1) is 15.3. The summed E-state index contributed by atoms with van der Waals surface area (Å²) in [4.78, 5) is 21.1. The minimum Gasteiger partial charge on any atom is -0.462 e. The number of carbonyl (C=O) groups excluding carboxylic acids is 1. The topological polar surface area (TPSA) is 91.1 Å². The Morgan fingerprint density at radius 3 is 2.56 bits per heavy atom. The van der Waals surface area contributed by atoms with Gasteiger partial charge in [0.25, 0.3) is 10.0 Å². The molecule has 8 heteroatoms. The first kappa shape index (κ1) is 21.5. The van der Waals surface area contributed by atoms with Crippen molar-refractivity contribution in [2.24, 2.45) is 0 Å². The summed E-state index contributed by atoms with van der Waals surface area (Å²) < 4.78 is 32.6. The van der Waals surface area contributed by atoms with Gasteiger partial charge < -0.3 is 4.74 Å². The zero-order chi connectivity index (χ0) is 22.9. The van der Waals surface area contributed by atoms with Crippen molar-refractivity contribution in [2.45, 2.75) is 18.7 Å². The number of benzene rings is 1. The number of carbonyl (C=O) groups is 1. The molecule has 32 heavy (non-hydrogen) atoms. The van der Waals surface area contributed by atoms with Gasteiger partial charge in [-0.3, -0.25) is 0 Å². The van der Waals surface area contributed by atoms with Crippen molar-refractivity contribution < 1.29 is 17.9 Å². The highest BCUT2D eigenvalue weighted by molar-refractivity contribution is 7.90. The summed E-state index contributed by atoms with van der Waals surface area (Å²) in [5.74, 6) is -0.535. The molecular formula is C24H21N3O4S. The summed E-state index contributed by atoms with van der Waals surface area (Å²) in [5.41, 5.74) is 3.05. The average molecular weight is 448 g/mol. The second-order valence-corrected chi connectivity index (χ2v) is 8.95. The van der Waals surface area contributed by atoms with E-state index < -0.39 is 16.0 Å². The Hall–Kier alpha value is -3.78. The molecule has 4 aromatic rings. The molecule has 4 rings (SSSR count). The molecule has 0 fully saturated rings. The van der Waals surface area contributed by atoms with Crippen LogP contribution in [0.3, 0.4) is 0 Å². The highest BCUT2D eigenvalue weighted by atomic mass is 32.2. The number of ether oxygens (including phenoxy) is 1. The summed E-state index contributed by atoms with van der Waals surface area (Å²) in [6.45, 7) is 7.64. The van der Waals surface area contributed by atoms with E-state index in [1.165, 1.54) is 12.4 Å². The van der Waals surface area contributed by atoms with Gasteiger partial charge in [0.15, 0.2) is 5.65 Å². The molecule has 0 aliphatic rings. The number of aromatic nitrogens is 3. The van der Waals surface area contributed by atoms with E-state index in [0.29, 0.717) is 28.0 Å². The van der Waals surface area contributed by atoms with Crippen molar-refractivity contribution in [3.8, 4) is 11.3 Å². The quantitative estimate of drug-likeness (QED) is 0.325. The number of fused-ring (bicyclic) bond motifs is 1. The lowest BCUT2D eigenvalue weighted by Gasteiger charge is -2.09. The Morgan fingerprint density at radius 1 is 1.09 bits per heavy atom. The standard InChI is InChI=1S/C24H21N3O4S/c1-4-31-24(28)17(3)21-6-5-7-22(26-21)19-12-14-25-23-20(19)13-15-27(23)32(29,30)18-10-8-16(2)9-11-18/h5-15H,3-4H2,1-2H3. The van der Waals surface area contributed by atoms with Crippen LogP contribution in [-0.2, 0) is 19.6 Å². The molecule has 3 heterocycles. The summed E-state index contributed by atoms with van der Waals surface area (Å²) in [5, 5.41) is 0.620. The fourth-order valence-electron chi connectivity index (χ4n) is 3.33. The predicted octanol–water partition coefficient (Wildman–Crippen LogP) is 4.22. The molecule has 0 saturated carbocycles. The molecule has 3 aromatic heterocycles. The van der Waals surface area contributed by atoms with Gasteiger partial charge in [-0.2, -0.15) is 0 Å². The first-order valence-electron chi connectivity index (χ1n) is 9.95. The number of aryl methyl sites for hydroxylation is 1. The zero-order valence-corrected chi connectivity index (χ0v) is 18.5. The number of esters is 1. The first-order valence-corrected chi connectivity index (χ1v) is 11.4. The molecule has 0 spiro atoms. The van der Waals surface area contributed by atoms with Gasteiger partial charge >= 0.3 is 5.97 Å². The van der Waals surface area contributed by atoms with E-state index in [-0.39, 0.29) is 17.1 Å². The number of hydrogen-bond donors (Lipinski definition) is 0. The second-order valence-electron chi connectivity index (χ2n) is 7.13. The summed E-state index contributed by atoms with van der Waals surface area (Å²) >= 11 is 0. The van der Waals surface area contributed by atoms with Crippen LogP contribution in [0, 0.1) is 6.92 Å². The van der Waals surface area contributed by atoms with E-state index in [9.17, 15) is 13.2 Å². The molecule has 0 unspecified atom stereocenters. The fraction of sp³-hybridized carbons (Fsp3) is 0.125. The number of rotatable bonds is 6. The molecule has 0 aliphatic heterocycles. The molecule has 0 amide bonds. The van der Waals surface area contributed by atoms with Crippen molar-refractivity contribution in [2.75, 3.05) is 6.61 Å². The smallest absolute Gasteiger partial charge is 0.339 e. The van der Waals surface area contributed by atoms with Crippen molar-refractivity contribution in [1.82, 2.24) is 13.9 Å². The third kappa shape index (κ3) is 3.80. The van der Waals surface area contributed by atoms with E-state index in [0.717, 1.165) is 9.54 Å². The van der Waals surface area contributed by atoms with Gasteiger partial charge in [0, 0.05) is 23.3 Å². The normalized spacial score (nSPS) is 11.4. The van der Waals surface area contributed by atoms with Crippen LogP contribution in [0.15, 0.2) is 78.5 Å². The molecule has 7 nitrogen and oxygen atoms in total. The number of hydrogen-bond acceptors (Lipinski definition) is 6. The Labute approximate surface area is 186 Å². The Kier molecular flexibility index (Phi) is 5.63. The zero-order valence-electron chi connectivity index (χ0n) is 17.6. The van der Waals surface area contributed by atoms with E-state index in [4.69, 9.17) is 4.74 Å². The van der Waals surface area contributed by atoms with E-state index >= 15 is 0 Å². The lowest BCUT2D eigenvalue weighted by atomic mass is 10.1. The summed E-state index contributed by atoms with van der Waals surface area (Å²) in [6.07, 6.45) is 3.02. The number of pyridine rings is 2. The third-order valence-electron chi connectivity index (χ3n) is 4.99. The minimum atomic E-state index is -3.82. The van der Waals surface area contributed by atoms with Gasteiger partial charge in [0.2, 0.25) is 0 Å². The second kappa shape index (κ2) is 8.39. The molecule has 0 bridgehead atoms. The van der Waals surface area contributed by atoms with Crippen molar-refractivity contribution >= 4 is 32.6 Å². The van der Waals surface area contributed by atoms with Crippen molar-refractivity contribution in [1.29, 1.82) is 0 Å². The van der Waals surface area contributed by atoms with Crippen LogP contribution in [0.4, 0.5) is 0 Å². The molecular weight excluding hydrogens is 426 g/mol. The highest BCUT2D eigenvalue weighted by Gasteiger charge is 2.21. The molecule has 0 aliphatic carbocycles. The molecule has 0 N–H and O–H groups in total. The van der Waals surface area contributed by atoms with Gasteiger partial charge in [0.05, 0.1) is 28.5 Å². The highest BCUT2D eigenvalue weighted by Crippen LogP contribution is 2.30. The molecule has 162 valence electrons. The van der Waals surface area contributed by atoms with E-state index in [2.05, 4.69) is 16.5 Å². The van der Waals surface area contributed by atoms with E-state index in [1.54, 1.807) is 61.5 Å². The average Bonchev–Trinajstić information content (AvgIpc) is 3.24. The molecule has 0 saturated heterocycles. The van der Waals surface area contributed by atoms with Crippen molar-refractivity contribution in [3.05, 3.63) is 84.8 Å². The van der Waals surface area contributed by atoms with Crippen LogP contribution >= 0.6 is 0 Å². The lowest BCUT2D eigenvalue weighted by Crippen LogP contribution is -2.12. The van der Waals surface area contributed by atoms with Crippen LogP contribution in [0.25, 0.3) is 27.9 Å². The van der Waals surface area contributed by atoms with Gasteiger partial charge in [-0.15, -0.1) is 0 Å². The third-order valence-corrected chi connectivity index (χ3v) is 6.67. The minimum absolute atomic E-state index is 0.151. The van der Waals surface area contributed by atoms with Crippen LogP contribution in [0.1, 0.15) is 18.2 Å². The molecule has 0 atom stereocenters. The van der Waals surface area contributed by atoms with Crippen LogP contribution in [0.5, 0.6) is 0 Å². The van der Waals surface area contributed by atoms with Gasteiger partial charge in [0.1, 0.15) is 0 Å². The van der Waals surface area contributed by atoms with Crippen LogP contribution in [-0.4, -0.2) is 34.9 Å². The summed E-state index contributed by atoms with van der Waals surface area (Å²) in [6, 6.07) is 15.3. The Morgan fingerprint density at radius 2 is 1.84 bits per heavy atom. The number of nitrogens with zero attached hydrogens (tertiary/aromatic N) is 3. The maximum absolute atomic E-state index is 13.2. The monoisotopic (exact) mass is 447 g/mol. The maximum Gasteiger partial charge on any atom is 0.339 e. The van der Waals surface area contributed by atoms with Crippen molar-refractivity contribution in [3.63, 3.8) is 0 Å². The Balaban J connectivity index is 1.80. The molecule has 1 aromatic carbocycles. The lowest BCUT2D eigenvalue weighted by molar-refractivity contribution is -0.136. The molecule has 0 radical (unpaired) electrons. The Bertz CT molecular complexity index is 1440. The van der Waals surface area contributed by atoms with Crippen LogP contribution < -0.4 is 0 Å². The summed E-state index contributed by atoms with van der Waals surface area (Å²) in [7, 11) is -3.82. The predicted molar refractivity (Wildman–Crippen MR) is 122 cm³/mol. The fourth-order valence-corrected chi connectivity index (χ4v) is 4.63. The van der Waals surface area contributed by atoms with Gasteiger partial charge in [-0.05, 0) is 50.2 Å². The maximum atomic E-state index is 13.2. The van der Waals surface area contributed by atoms with E-state index in [1.807, 2.05) is 6.92 Å². The SMILES string of the molecule is C=C(C(=O)OCC)c1cccc(-c2ccnc3c2ccn3S(=O)(=O)c2ccc(C)cc2)n1.